The molecule has 1 aliphatic heterocycles. The number of aliphatic hydroxyl groups is 1. The molecule has 1 heterocycles. The summed E-state index contributed by atoms with van der Waals surface area (Å²) in [6, 6.07) is 6.52. The zero-order valence-corrected chi connectivity index (χ0v) is 23.2. The Morgan fingerprint density at radius 1 is 1.27 bits per heavy atom. The highest BCUT2D eigenvalue weighted by atomic mass is 35.5. The molecule has 1 fully saturated rings. The van der Waals surface area contributed by atoms with Crippen molar-refractivity contribution in [3.05, 3.63) is 46.5 Å². The Bertz CT molecular complexity index is 1460. The number of benzene rings is 2. The number of phenolic OH excluding ortho intramolecular Hbond substituents is 1. The second-order valence-corrected chi connectivity index (χ2v) is 11.1. The van der Waals surface area contributed by atoms with Gasteiger partial charge in [0.05, 0.1) is 41.2 Å². The number of methoxy groups -OCH3 is 1. The van der Waals surface area contributed by atoms with E-state index in [1.54, 1.807) is 4.90 Å². The highest BCUT2D eigenvalue weighted by Crippen LogP contribution is 2.38. The summed E-state index contributed by atoms with van der Waals surface area (Å²) in [5.41, 5.74) is -0.372. The molecule has 2 aromatic carbocycles. The fourth-order valence-electron chi connectivity index (χ4n) is 4.48. The maximum Gasteiger partial charge on any atom is 0.471 e. The predicted octanol–water partition coefficient (Wildman–Crippen LogP) is 3.25. The smallest absolute Gasteiger partial charge is 0.471 e. The van der Waals surface area contributed by atoms with Crippen LogP contribution in [0.25, 0.3) is 0 Å². The molecular weight excluding hydrogens is 593 g/mol. The van der Waals surface area contributed by atoms with E-state index in [0.717, 1.165) is 31.4 Å². The number of phenols is 1. The molecule has 0 spiro atoms. The minimum absolute atomic E-state index is 0.0658. The van der Waals surface area contributed by atoms with Gasteiger partial charge in [-0.1, -0.05) is 11.6 Å². The highest BCUT2D eigenvalue weighted by Gasteiger charge is 2.43. The van der Waals surface area contributed by atoms with Gasteiger partial charge in [-0.2, -0.15) is 18.4 Å². The van der Waals surface area contributed by atoms with Crippen molar-refractivity contribution >= 4 is 44.9 Å². The quantitative estimate of drug-likeness (QED) is 0.358. The normalized spacial score (nSPS) is 15.6. The lowest BCUT2D eigenvalue weighted by molar-refractivity contribution is -0.186. The number of anilines is 2. The number of hydrogen-bond donors (Lipinski definition) is 3. The van der Waals surface area contributed by atoms with E-state index in [9.17, 15) is 46.7 Å². The molecule has 222 valence electrons. The zero-order chi connectivity index (χ0) is 30.5. The van der Waals surface area contributed by atoms with Gasteiger partial charge < -0.3 is 24.7 Å². The fraction of sp³-hybridized carbons (Fsp3) is 0.400. The number of piperidine rings is 1. The molecule has 0 saturated carbocycles. The molecule has 1 amide bonds. The molecule has 11 nitrogen and oxygen atoms in total. The monoisotopic (exact) mass is 618 g/mol. The first-order valence-electron chi connectivity index (χ1n) is 12.1. The lowest BCUT2D eigenvalue weighted by Crippen LogP contribution is -2.52. The number of rotatable bonds is 9. The van der Waals surface area contributed by atoms with Gasteiger partial charge in [-0.3, -0.25) is 9.52 Å². The number of carbonyl (C=O) groups is 2. The second-order valence-electron chi connectivity index (χ2n) is 9.06. The summed E-state index contributed by atoms with van der Waals surface area (Å²) >= 11 is 6.26. The molecule has 3 N–H and O–H groups in total. The van der Waals surface area contributed by atoms with E-state index in [2.05, 4.69) is 9.46 Å². The number of sulfonamides is 1. The molecule has 1 unspecified atom stereocenters. The minimum atomic E-state index is -5.17. The average molecular weight is 619 g/mol. The molecule has 16 heteroatoms. The minimum Gasteiger partial charge on any atom is -0.507 e. The number of halogens is 4. The molecule has 0 aromatic heterocycles. The summed E-state index contributed by atoms with van der Waals surface area (Å²) in [5.74, 6) is -3.68. The Balaban J connectivity index is 2.08. The van der Waals surface area contributed by atoms with E-state index in [4.69, 9.17) is 11.6 Å². The van der Waals surface area contributed by atoms with Crippen molar-refractivity contribution in [2.75, 3.05) is 43.0 Å². The van der Waals surface area contributed by atoms with Gasteiger partial charge in [0.1, 0.15) is 16.7 Å². The van der Waals surface area contributed by atoms with Crippen LogP contribution < -0.4 is 9.62 Å². The van der Waals surface area contributed by atoms with Crippen LogP contribution >= 0.6 is 11.6 Å². The molecule has 3 rings (SSSR count). The van der Waals surface area contributed by atoms with Gasteiger partial charge in [-0.15, -0.1) is 0 Å². The van der Waals surface area contributed by atoms with Crippen LogP contribution in [0.3, 0.4) is 0 Å². The number of amides is 1. The maximum absolute atomic E-state index is 13.4. The molecular formula is C25H26ClF3N4O7S. The molecule has 0 bridgehead atoms. The number of esters is 1. The summed E-state index contributed by atoms with van der Waals surface area (Å²) in [6.07, 6.45) is -3.70. The van der Waals surface area contributed by atoms with Crippen molar-refractivity contribution in [2.45, 2.75) is 36.4 Å². The fourth-order valence-corrected chi connectivity index (χ4v) is 5.87. The van der Waals surface area contributed by atoms with E-state index < -0.39 is 64.5 Å². The van der Waals surface area contributed by atoms with Crippen LogP contribution in [0.15, 0.2) is 35.2 Å². The third-order valence-electron chi connectivity index (χ3n) is 6.39. The van der Waals surface area contributed by atoms with Crippen LogP contribution in [0, 0.1) is 11.3 Å². The molecule has 1 atom stereocenters. The number of aliphatic hydroxyl groups excluding tert-OH is 1. The summed E-state index contributed by atoms with van der Waals surface area (Å²) in [6.45, 7) is -1.49. The van der Waals surface area contributed by atoms with Gasteiger partial charge in [0, 0.05) is 25.7 Å². The average Bonchev–Trinajstić information content (AvgIpc) is 2.92. The second kappa shape index (κ2) is 12.8. The molecule has 41 heavy (non-hydrogen) atoms. The van der Waals surface area contributed by atoms with Gasteiger partial charge in [0.25, 0.3) is 10.0 Å². The lowest BCUT2D eigenvalue weighted by atomic mass is 9.99. The Morgan fingerprint density at radius 3 is 2.59 bits per heavy atom. The topological polar surface area (TPSA) is 160 Å². The molecule has 1 saturated heterocycles. The summed E-state index contributed by atoms with van der Waals surface area (Å²) in [7, 11) is -3.54. The summed E-state index contributed by atoms with van der Waals surface area (Å²) in [4.78, 5) is 25.3. The highest BCUT2D eigenvalue weighted by molar-refractivity contribution is 7.92. The summed E-state index contributed by atoms with van der Waals surface area (Å²) < 4.78 is 73.3. The maximum atomic E-state index is 13.4. The first kappa shape index (κ1) is 31.8. The Labute approximate surface area is 238 Å². The summed E-state index contributed by atoms with van der Waals surface area (Å²) in [5, 5.41) is 29.0. The van der Waals surface area contributed by atoms with Crippen molar-refractivity contribution in [1.82, 2.24) is 4.90 Å². The van der Waals surface area contributed by atoms with Crippen LogP contribution in [0.2, 0.25) is 5.02 Å². The standard InChI is InChI=1S/C25H26ClF3N4O7S/c1-40-23(36)15-5-6-21(35)22(11-15)41(38,39)31-19-10-16(13-30)18(26)12-20(19)33-7-3-2-4-17(33)14-32(8-9-34)24(37)25(27,28)29/h5-6,10-12,17,31,34-35H,2-4,7-9,14H2,1H3. The first-order valence-corrected chi connectivity index (χ1v) is 14.0. The zero-order valence-electron chi connectivity index (χ0n) is 21.6. The van der Waals surface area contributed by atoms with Gasteiger partial charge in [0.2, 0.25) is 0 Å². The third kappa shape index (κ3) is 7.32. The van der Waals surface area contributed by atoms with Gasteiger partial charge in [0.15, 0.2) is 0 Å². The number of alkyl halides is 3. The predicted molar refractivity (Wildman–Crippen MR) is 141 cm³/mol. The van der Waals surface area contributed by atoms with E-state index in [0.29, 0.717) is 24.2 Å². The number of carbonyl (C=O) groups excluding carboxylic acids is 2. The molecule has 0 aliphatic carbocycles. The van der Waals surface area contributed by atoms with E-state index in [-0.39, 0.29) is 34.1 Å². The Kier molecular flexibility index (Phi) is 9.95. The van der Waals surface area contributed by atoms with Crippen LogP contribution in [0.1, 0.15) is 35.2 Å². The van der Waals surface area contributed by atoms with Gasteiger partial charge in [-0.25, -0.2) is 13.2 Å². The van der Waals surface area contributed by atoms with Crippen LogP contribution in [0.4, 0.5) is 24.5 Å². The molecule has 1 aliphatic rings. The van der Waals surface area contributed by atoms with E-state index in [1.165, 1.54) is 6.07 Å². The Hall–Kier alpha value is -3.74. The molecule has 2 aromatic rings. The molecule has 0 radical (unpaired) electrons. The lowest BCUT2D eigenvalue weighted by Gasteiger charge is -2.41. The number of nitriles is 1. The SMILES string of the molecule is COC(=O)c1ccc(O)c(S(=O)(=O)Nc2cc(C#N)c(Cl)cc2N2CCCCC2CN(CCO)C(=O)C(F)(F)F)c1. The van der Waals surface area contributed by atoms with Crippen LogP contribution in [-0.2, 0) is 19.6 Å². The van der Waals surface area contributed by atoms with E-state index >= 15 is 0 Å². The first-order chi connectivity index (χ1) is 19.2. The Morgan fingerprint density at radius 2 is 1.98 bits per heavy atom. The number of hydrogen-bond acceptors (Lipinski definition) is 9. The van der Waals surface area contributed by atoms with Crippen LogP contribution in [0.5, 0.6) is 5.75 Å². The van der Waals surface area contributed by atoms with Crippen LogP contribution in [-0.4, -0.2) is 81.0 Å². The number of nitrogens with one attached hydrogen (secondary N) is 1. The van der Waals surface area contributed by atoms with Crippen molar-refractivity contribution in [2.24, 2.45) is 0 Å². The van der Waals surface area contributed by atoms with Crippen molar-refractivity contribution in [3.63, 3.8) is 0 Å². The van der Waals surface area contributed by atoms with Gasteiger partial charge in [-0.05, 0) is 49.6 Å². The number of aromatic hydroxyl groups is 1. The third-order valence-corrected chi connectivity index (χ3v) is 8.10. The van der Waals surface area contributed by atoms with E-state index in [1.807, 2.05) is 6.07 Å². The number of ether oxygens (including phenoxy) is 1. The number of nitrogens with zero attached hydrogens (tertiary/aromatic N) is 3. The van der Waals surface area contributed by atoms with Gasteiger partial charge >= 0.3 is 18.1 Å². The van der Waals surface area contributed by atoms with Crippen molar-refractivity contribution < 1.29 is 46.1 Å². The van der Waals surface area contributed by atoms with Crippen molar-refractivity contribution in [1.29, 1.82) is 5.26 Å². The van der Waals surface area contributed by atoms with Crippen molar-refractivity contribution in [3.8, 4) is 11.8 Å². The largest absolute Gasteiger partial charge is 0.507 e.